The molecule has 0 unspecified atom stereocenters. The summed E-state index contributed by atoms with van der Waals surface area (Å²) >= 11 is 0. The van der Waals surface area contributed by atoms with E-state index in [0.717, 1.165) is 6.61 Å². The fourth-order valence-electron chi connectivity index (χ4n) is 0.830. The van der Waals surface area contributed by atoms with Crippen LogP contribution in [0.1, 0.15) is 13.8 Å². The highest BCUT2D eigenvalue weighted by Crippen LogP contribution is 1.94. The van der Waals surface area contributed by atoms with Crippen molar-refractivity contribution in [2.45, 2.75) is 13.8 Å². The van der Waals surface area contributed by atoms with E-state index in [1.807, 2.05) is 0 Å². The Bertz CT molecular complexity index is 176. The molecule has 0 saturated heterocycles. The van der Waals surface area contributed by atoms with Gasteiger partial charge in [-0.2, -0.15) is 0 Å². The van der Waals surface area contributed by atoms with Gasteiger partial charge in [0.2, 0.25) is 0 Å². The van der Waals surface area contributed by atoms with Crippen molar-refractivity contribution in [1.82, 2.24) is 0 Å². The average Bonchev–Trinajstić information content (AvgIpc) is 2.21. The summed E-state index contributed by atoms with van der Waals surface area (Å²) < 4.78 is 15.8. The number of rotatable bonds is 10. The van der Waals surface area contributed by atoms with E-state index in [0.29, 0.717) is 38.1 Å². The second kappa shape index (κ2) is 9.74. The summed E-state index contributed by atoms with van der Waals surface area (Å²) in [4.78, 5) is 0. The molecule has 0 aromatic carbocycles. The maximum atomic E-state index is 5.34. The molecule has 0 radical (unpaired) electrons. The highest BCUT2D eigenvalue weighted by Gasteiger charge is 1.94. The van der Waals surface area contributed by atoms with Crippen LogP contribution in [-0.4, -0.2) is 33.0 Å². The molecule has 0 aromatic rings. The third kappa shape index (κ3) is 11.1. The first kappa shape index (κ1) is 14.2. The largest absolute Gasteiger partial charge is 0.492 e. The van der Waals surface area contributed by atoms with Gasteiger partial charge in [-0.25, -0.2) is 0 Å². The summed E-state index contributed by atoms with van der Waals surface area (Å²) in [7, 11) is 0. The van der Waals surface area contributed by atoms with Gasteiger partial charge in [0.25, 0.3) is 0 Å². The van der Waals surface area contributed by atoms with Crippen LogP contribution in [-0.2, 0) is 14.2 Å². The predicted molar refractivity (Wildman–Crippen MR) is 61.8 cm³/mol. The third-order valence-corrected chi connectivity index (χ3v) is 1.57. The predicted octanol–water partition coefficient (Wildman–Crippen LogP) is 2.39. The second-order valence-electron chi connectivity index (χ2n) is 3.60. The summed E-state index contributed by atoms with van der Waals surface area (Å²) in [6.07, 6.45) is 1.58. The van der Waals surface area contributed by atoms with Crippen LogP contribution in [0.25, 0.3) is 0 Å². The van der Waals surface area contributed by atoms with Gasteiger partial charge in [0.15, 0.2) is 0 Å². The minimum absolute atomic E-state index is 0.509. The van der Waals surface area contributed by atoms with E-state index in [9.17, 15) is 0 Å². The van der Waals surface area contributed by atoms with Gasteiger partial charge in [-0.3, -0.25) is 0 Å². The van der Waals surface area contributed by atoms with Crippen molar-refractivity contribution in [3.05, 3.63) is 25.0 Å². The number of hydrogen-bond donors (Lipinski definition) is 0. The van der Waals surface area contributed by atoms with Gasteiger partial charge in [0, 0.05) is 6.61 Å². The molecule has 3 nitrogen and oxygen atoms in total. The average molecular weight is 214 g/mol. The molecule has 0 saturated carbocycles. The zero-order valence-electron chi connectivity index (χ0n) is 9.83. The Morgan fingerprint density at radius 3 is 2.33 bits per heavy atom. The van der Waals surface area contributed by atoms with Gasteiger partial charge in [0.05, 0.1) is 19.8 Å². The Kier molecular flexibility index (Phi) is 9.22. The molecule has 0 heterocycles. The van der Waals surface area contributed by atoms with Crippen LogP contribution in [0.3, 0.4) is 0 Å². The molecule has 15 heavy (non-hydrogen) atoms. The van der Waals surface area contributed by atoms with Gasteiger partial charge >= 0.3 is 0 Å². The fourth-order valence-corrected chi connectivity index (χ4v) is 0.830. The quantitative estimate of drug-likeness (QED) is 0.317. The number of allylic oxidation sites excluding steroid dienone is 1. The normalized spacial score (nSPS) is 10.3. The summed E-state index contributed by atoms with van der Waals surface area (Å²) in [6, 6.07) is 0. The zero-order chi connectivity index (χ0) is 11.5. The molecule has 0 bridgehead atoms. The van der Waals surface area contributed by atoms with E-state index in [4.69, 9.17) is 14.2 Å². The summed E-state index contributed by atoms with van der Waals surface area (Å²) in [5, 5.41) is 0. The van der Waals surface area contributed by atoms with Crippen molar-refractivity contribution in [3.63, 3.8) is 0 Å². The minimum Gasteiger partial charge on any atom is -0.492 e. The molecule has 0 rings (SSSR count). The fraction of sp³-hybridized carbons (Fsp3) is 0.667. The van der Waals surface area contributed by atoms with Gasteiger partial charge in [0.1, 0.15) is 12.4 Å². The van der Waals surface area contributed by atoms with Crippen molar-refractivity contribution >= 4 is 0 Å². The van der Waals surface area contributed by atoms with Crippen LogP contribution in [0.15, 0.2) is 25.0 Å². The van der Waals surface area contributed by atoms with E-state index in [1.165, 1.54) is 0 Å². The smallest absolute Gasteiger partial charge is 0.111 e. The van der Waals surface area contributed by atoms with E-state index in [1.54, 1.807) is 6.08 Å². The van der Waals surface area contributed by atoms with Crippen LogP contribution >= 0.6 is 0 Å². The molecule has 0 fully saturated rings. The van der Waals surface area contributed by atoms with Crippen molar-refractivity contribution in [1.29, 1.82) is 0 Å². The first-order chi connectivity index (χ1) is 7.16. The molecule has 0 N–H and O–H groups in total. The molecule has 88 valence electrons. The molecular weight excluding hydrogens is 192 g/mol. The van der Waals surface area contributed by atoms with E-state index in [-0.39, 0.29) is 0 Å². The number of ether oxygens (including phenoxy) is 3. The van der Waals surface area contributed by atoms with Crippen molar-refractivity contribution in [2.24, 2.45) is 5.92 Å². The topological polar surface area (TPSA) is 27.7 Å². The Labute approximate surface area is 92.7 Å². The van der Waals surface area contributed by atoms with Crippen molar-refractivity contribution in [3.8, 4) is 0 Å². The molecule has 3 heteroatoms. The maximum absolute atomic E-state index is 5.34. The molecule has 0 atom stereocenters. The standard InChI is InChI=1S/C12H22O3/c1-5-12(4)15-9-8-13-6-7-14-10-11(2)3/h5,11H,1,4,6-10H2,2-3H3. The number of hydrogen-bond acceptors (Lipinski definition) is 3. The summed E-state index contributed by atoms with van der Waals surface area (Å²) in [5.41, 5.74) is 0. The Balaban J connectivity index is 3.05. The second-order valence-corrected chi connectivity index (χ2v) is 3.60. The molecular formula is C12H22O3. The van der Waals surface area contributed by atoms with Crippen LogP contribution in [0.2, 0.25) is 0 Å². The Hall–Kier alpha value is -0.800. The van der Waals surface area contributed by atoms with Crippen LogP contribution < -0.4 is 0 Å². The molecule has 0 aliphatic rings. The van der Waals surface area contributed by atoms with Gasteiger partial charge in [-0.15, -0.1) is 0 Å². The molecule has 0 aromatic heterocycles. The Morgan fingerprint density at radius 1 is 1.13 bits per heavy atom. The molecule has 0 aliphatic heterocycles. The SMILES string of the molecule is C=CC(=C)OCCOCCOCC(C)C. The Morgan fingerprint density at radius 2 is 1.73 bits per heavy atom. The van der Waals surface area contributed by atoms with E-state index in [2.05, 4.69) is 27.0 Å². The lowest BCUT2D eigenvalue weighted by atomic mass is 10.2. The lowest BCUT2D eigenvalue weighted by Crippen LogP contribution is -2.11. The van der Waals surface area contributed by atoms with Crippen LogP contribution in [0.4, 0.5) is 0 Å². The monoisotopic (exact) mass is 214 g/mol. The highest BCUT2D eigenvalue weighted by molar-refractivity contribution is 5.01. The zero-order valence-corrected chi connectivity index (χ0v) is 9.83. The van der Waals surface area contributed by atoms with Gasteiger partial charge < -0.3 is 14.2 Å². The van der Waals surface area contributed by atoms with Gasteiger partial charge in [-0.1, -0.05) is 27.0 Å². The first-order valence-electron chi connectivity index (χ1n) is 5.26. The van der Waals surface area contributed by atoms with Crippen molar-refractivity contribution in [2.75, 3.05) is 33.0 Å². The first-order valence-corrected chi connectivity index (χ1v) is 5.26. The molecule has 0 amide bonds. The minimum atomic E-state index is 0.509. The third-order valence-electron chi connectivity index (χ3n) is 1.57. The van der Waals surface area contributed by atoms with E-state index >= 15 is 0 Å². The summed E-state index contributed by atoms with van der Waals surface area (Å²) in [6.45, 7) is 14.5. The lowest BCUT2D eigenvalue weighted by molar-refractivity contribution is 0.0215. The maximum Gasteiger partial charge on any atom is 0.111 e. The van der Waals surface area contributed by atoms with Gasteiger partial charge in [-0.05, 0) is 12.0 Å². The summed E-state index contributed by atoms with van der Waals surface area (Å²) in [5.74, 6) is 1.15. The van der Waals surface area contributed by atoms with E-state index < -0.39 is 0 Å². The van der Waals surface area contributed by atoms with Crippen molar-refractivity contribution < 1.29 is 14.2 Å². The highest BCUT2D eigenvalue weighted by atomic mass is 16.5. The molecule has 0 aliphatic carbocycles. The van der Waals surface area contributed by atoms with Crippen LogP contribution in [0.5, 0.6) is 0 Å². The lowest BCUT2D eigenvalue weighted by Gasteiger charge is -2.08. The van der Waals surface area contributed by atoms with Crippen LogP contribution in [0, 0.1) is 5.92 Å². The molecule has 0 spiro atoms.